The van der Waals surface area contributed by atoms with Gasteiger partial charge in [0.15, 0.2) is 0 Å². The SMILES string of the molecule is O=C(NCCCc1ccccc1)N1CCN(c2cccnc2)C(=O)C1. The summed E-state index contributed by atoms with van der Waals surface area (Å²) in [6.07, 6.45) is 5.14. The average Bonchev–Trinajstić information content (AvgIpc) is 2.66. The lowest BCUT2D eigenvalue weighted by Gasteiger charge is -2.34. The molecule has 0 spiro atoms. The van der Waals surface area contributed by atoms with Crippen molar-refractivity contribution in [2.75, 3.05) is 31.1 Å². The maximum atomic E-state index is 12.3. The molecule has 1 aromatic carbocycles. The Hall–Kier alpha value is -2.89. The maximum Gasteiger partial charge on any atom is 0.317 e. The molecular formula is C19H22N4O2. The van der Waals surface area contributed by atoms with Crippen LogP contribution < -0.4 is 10.2 Å². The number of amides is 3. The molecule has 0 saturated carbocycles. The predicted molar refractivity (Wildman–Crippen MR) is 96.3 cm³/mol. The summed E-state index contributed by atoms with van der Waals surface area (Å²) >= 11 is 0. The molecule has 3 rings (SSSR count). The van der Waals surface area contributed by atoms with Gasteiger partial charge in [0.25, 0.3) is 0 Å². The van der Waals surface area contributed by atoms with Gasteiger partial charge in [-0.15, -0.1) is 0 Å². The van der Waals surface area contributed by atoms with E-state index in [1.54, 1.807) is 28.3 Å². The number of aromatic nitrogens is 1. The highest BCUT2D eigenvalue weighted by Crippen LogP contribution is 2.15. The van der Waals surface area contributed by atoms with Gasteiger partial charge in [-0.25, -0.2) is 4.79 Å². The molecule has 0 aliphatic carbocycles. The molecule has 1 fully saturated rings. The minimum atomic E-state index is -0.174. The fourth-order valence-corrected chi connectivity index (χ4v) is 2.88. The Labute approximate surface area is 147 Å². The summed E-state index contributed by atoms with van der Waals surface area (Å²) in [6, 6.07) is 13.7. The Balaban J connectivity index is 1.42. The zero-order valence-electron chi connectivity index (χ0n) is 14.1. The Kier molecular flexibility index (Phi) is 5.61. The second-order valence-corrected chi connectivity index (χ2v) is 6.00. The van der Waals surface area contributed by atoms with E-state index in [1.807, 2.05) is 24.3 Å². The molecule has 1 N–H and O–H groups in total. The van der Waals surface area contributed by atoms with Gasteiger partial charge in [0, 0.05) is 25.8 Å². The third-order valence-corrected chi connectivity index (χ3v) is 4.23. The van der Waals surface area contributed by atoms with E-state index in [1.165, 1.54) is 5.56 Å². The van der Waals surface area contributed by atoms with Crippen LogP contribution in [0.4, 0.5) is 10.5 Å². The monoisotopic (exact) mass is 338 g/mol. The van der Waals surface area contributed by atoms with Crippen molar-refractivity contribution in [3.8, 4) is 0 Å². The fourth-order valence-electron chi connectivity index (χ4n) is 2.88. The number of rotatable bonds is 5. The van der Waals surface area contributed by atoms with Gasteiger partial charge in [0.2, 0.25) is 5.91 Å². The van der Waals surface area contributed by atoms with Crippen LogP contribution in [0.2, 0.25) is 0 Å². The second-order valence-electron chi connectivity index (χ2n) is 6.00. The van der Waals surface area contributed by atoms with Gasteiger partial charge in [-0.1, -0.05) is 30.3 Å². The summed E-state index contributed by atoms with van der Waals surface area (Å²) < 4.78 is 0. The lowest BCUT2D eigenvalue weighted by Crippen LogP contribution is -2.55. The van der Waals surface area contributed by atoms with Gasteiger partial charge >= 0.3 is 6.03 Å². The van der Waals surface area contributed by atoms with Crippen LogP contribution in [0.5, 0.6) is 0 Å². The van der Waals surface area contributed by atoms with E-state index >= 15 is 0 Å². The first-order valence-electron chi connectivity index (χ1n) is 8.51. The first-order valence-corrected chi connectivity index (χ1v) is 8.51. The smallest absolute Gasteiger partial charge is 0.317 e. The summed E-state index contributed by atoms with van der Waals surface area (Å²) in [5.74, 6) is -0.0846. The number of piperazine rings is 1. The molecule has 6 heteroatoms. The minimum Gasteiger partial charge on any atom is -0.338 e. The molecule has 0 atom stereocenters. The van der Waals surface area contributed by atoms with Gasteiger partial charge in [0.05, 0.1) is 11.9 Å². The quantitative estimate of drug-likeness (QED) is 0.849. The molecule has 6 nitrogen and oxygen atoms in total. The number of urea groups is 1. The van der Waals surface area contributed by atoms with Gasteiger partial charge in [-0.3, -0.25) is 9.78 Å². The standard InChI is InChI=1S/C19H22N4O2/c24-18-15-22(12-13-23(18)17-9-5-10-20-14-17)19(25)21-11-4-8-16-6-2-1-3-7-16/h1-3,5-7,9-10,14H,4,8,11-13,15H2,(H,21,25). The zero-order chi connectivity index (χ0) is 17.5. The first kappa shape index (κ1) is 17.0. The third-order valence-electron chi connectivity index (χ3n) is 4.23. The number of aryl methyl sites for hydroxylation is 1. The maximum absolute atomic E-state index is 12.3. The molecule has 1 aromatic heterocycles. The van der Waals surface area contributed by atoms with Crippen molar-refractivity contribution in [2.45, 2.75) is 12.8 Å². The predicted octanol–water partition coefficient (Wildman–Crippen LogP) is 2.07. The van der Waals surface area contributed by atoms with E-state index in [0.717, 1.165) is 18.5 Å². The topological polar surface area (TPSA) is 65.5 Å². The van der Waals surface area contributed by atoms with Crippen LogP contribution in [0.3, 0.4) is 0 Å². The van der Waals surface area contributed by atoms with Crippen molar-refractivity contribution in [3.05, 3.63) is 60.4 Å². The largest absolute Gasteiger partial charge is 0.338 e. The molecule has 0 unspecified atom stereocenters. The molecule has 1 saturated heterocycles. The summed E-state index contributed by atoms with van der Waals surface area (Å²) in [4.78, 5) is 31.8. The molecule has 0 radical (unpaired) electrons. The molecule has 2 aromatic rings. The van der Waals surface area contributed by atoms with Crippen LogP contribution in [-0.2, 0) is 11.2 Å². The fraction of sp³-hybridized carbons (Fsp3) is 0.316. The van der Waals surface area contributed by atoms with E-state index in [2.05, 4.69) is 22.4 Å². The number of pyridine rings is 1. The van der Waals surface area contributed by atoms with Gasteiger partial charge in [0.1, 0.15) is 6.54 Å². The number of carbonyl (C=O) groups is 2. The number of benzene rings is 1. The van der Waals surface area contributed by atoms with Gasteiger partial charge in [-0.05, 0) is 30.5 Å². The Morgan fingerprint density at radius 1 is 1.12 bits per heavy atom. The summed E-state index contributed by atoms with van der Waals surface area (Å²) in [7, 11) is 0. The van der Waals surface area contributed by atoms with Crippen LogP contribution in [0.1, 0.15) is 12.0 Å². The van der Waals surface area contributed by atoms with Crippen LogP contribution in [0.25, 0.3) is 0 Å². The van der Waals surface area contributed by atoms with E-state index in [0.29, 0.717) is 19.6 Å². The number of nitrogens with zero attached hydrogens (tertiary/aromatic N) is 3. The zero-order valence-corrected chi connectivity index (χ0v) is 14.1. The third kappa shape index (κ3) is 4.56. The molecular weight excluding hydrogens is 316 g/mol. The number of carbonyl (C=O) groups excluding carboxylic acids is 2. The Morgan fingerprint density at radius 3 is 2.68 bits per heavy atom. The lowest BCUT2D eigenvalue weighted by atomic mass is 10.1. The number of hydrogen-bond donors (Lipinski definition) is 1. The Morgan fingerprint density at radius 2 is 1.96 bits per heavy atom. The van der Waals surface area contributed by atoms with Crippen LogP contribution in [0.15, 0.2) is 54.9 Å². The molecule has 25 heavy (non-hydrogen) atoms. The van der Waals surface area contributed by atoms with Crippen molar-refractivity contribution in [2.24, 2.45) is 0 Å². The molecule has 130 valence electrons. The first-order chi connectivity index (χ1) is 12.2. The van der Waals surface area contributed by atoms with E-state index < -0.39 is 0 Å². The van der Waals surface area contributed by atoms with Gasteiger partial charge < -0.3 is 15.1 Å². The summed E-state index contributed by atoms with van der Waals surface area (Å²) in [5, 5.41) is 2.90. The molecule has 1 aliphatic heterocycles. The van der Waals surface area contributed by atoms with Crippen LogP contribution in [0, 0.1) is 0 Å². The van der Waals surface area contributed by atoms with Crippen molar-refractivity contribution in [3.63, 3.8) is 0 Å². The number of anilines is 1. The van der Waals surface area contributed by atoms with Crippen molar-refractivity contribution in [1.29, 1.82) is 0 Å². The second kappa shape index (κ2) is 8.28. The Bertz CT molecular complexity index is 706. The normalized spacial score (nSPS) is 14.5. The number of hydrogen-bond acceptors (Lipinski definition) is 3. The number of nitrogens with one attached hydrogen (secondary N) is 1. The van der Waals surface area contributed by atoms with E-state index in [4.69, 9.17) is 0 Å². The highest BCUT2D eigenvalue weighted by Gasteiger charge is 2.27. The van der Waals surface area contributed by atoms with Crippen molar-refractivity contribution >= 4 is 17.6 Å². The van der Waals surface area contributed by atoms with Crippen molar-refractivity contribution < 1.29 is 9.59 Å². The van der Waals surface area contributed by atoms with Crippen LogP contribution in [-0.4, -0.2) is 48.0 Å². The van der Waals surface area contributed by atoms with E-state index in [9.17, 15) is 9.59 Å². The molecule has 3 amide bonds. The highest BCUT2D eigenvalue weighted by atomic mass is 16.2. The highest BCUT2D eigenvalue weighted by molar-refractivity contribution is 5.97. The average molecular weight is 338 g/mol. The minimum absolute atomic E-state index is 0.0846. The van der Waals surface area contributed by atoms with Crippen molar-refractivity contribution in [1.82, 2.24) is 15.2 Å². The summed E-state index contributed by atoms with van der Waals surface area (Å²) in [5.41, 5.74) is 2.03. The van der Waals surface area contributed by atoms with Gasteiger partial charge in [-0.2, -0.15) is 0 Å². The van der Waals surface area contributed by atoms with Crippen LogP contribution >= 0.6 is 0 Å². The van der Waals surface area contributed by atoms with E-state index in [-0.39, 0.29) is 18.5 Å². The summed E-state index contributed by atoms with van der Waals surface area (Å²) in [6.45, 7) is 1.71. The molecule has 2 heterocycles. The molecule has 0 bridgehead atoms. The lowest BCUT2D eigenvalue weighted by molar-refractivity contribution is -0.120. The molecule has 1 aliphatic rings.